The van der Waals surface area contributed by atoms with E-state index in [9.17, 15) is 0 Å². The highest BCUT2D eigenvalue weighted by molar-refractivity contribution is 5.12. The number of hydrogen-bond acceptors (Lipinski definition) is 2. The lowest BCUT2D eigenvalue weighted by atomic mass is 10.5. The summed E-state index contributed by atoms with van der Waals surface area (Å²) in [6.45, 7) is 4.00. The summed E-state index contributed by atoms with van der Waals surface area (Å²) in [5.74, 6) is 0.907. The predicted octanol–water partition coefficient (Wildman–Crippen LogP) is 0.441. The molecule has 0 amide bonds. The Balaban J connectivity index is 0.000000461. The molecule has 1 unspecified atom stereocenters. The molecule has 1 aromatic heterocycles. The zero-order chi connectivity index (χ0) is 8.69. The zero-order valence-corrected chi connectivity index (χ0v) is 7.33. The van der Waals surface area contributed by atoms with Crippen molar-refractivity contribution in [2.45, 2.75) is 13.8 Å². The zero-order valence-electron chi connectivity index (χ0n) is 7.33. The lowest BCUT2D eigenvalue weighted by molar-refractivity contribution is -0.760. The molecule has 0 aromatic carbocycles. The third-order valence-electron chi connectivity index (χ3n) is 1.02. The Morgan fingerprint density at radius 2 is 2.09 bits per heavy atom. The molecule has 0 aliphatic carbocycles. The molecule has 1 rings (SSSR count). The smallest absolute Gasteiger partial charge is 0.202 e. The quantitative estimate of drug-likeness (QED) is 0.593. The maximum Gasteiger partial charge on any atom is 0.202 e. The molecule has 1 heterocycles. The molecular formula is C8H15N3. The van der Waals surface area contributed by atoms with Gasteiger partial charge in [0.25, 0.3) is 0 Å². The van der Waals surface area contributed by atoms with Crippen LogP contribution in [-0.4, -0.2) is 17.0 Å². The van der Waals surface area contributed by atoms with Gasteiger partial charge in [-0.1, -0.05) is 13.8 Å². The summed E-state index contributed by atoms with van der Waals surface area (Å²) in [4.78, 5) is 8.71. The van der Waals surface area contributed by atoms with E-state index in [4.69, 9.17) is 0 Å². The number of nitrogens with one attached hydrogen (secondary N) is 1. The minimum absolute atomic E-state index is 0.907. The van der Waals surface area contributed by atoms with E-state index in [0.717, 1.165) is 10.7 Å². The summed E-state index contributed by atoms with van der Waals surface area (Å²) < 4.78 is 0. The molecule has 1 aromatic rings. The average molecular weight is 153 g/mol. The molecular weight excluding hydrogens is 138 g/mol. The summed E-state index contributed by atoms with van der Waals surface area (Å²) in [6.07, 6.45) is 3.22. The molecule has 62 valence electrons. The normalized spacial score (nSPS) is 11.3. The second-order valence-electron chi connectivity index (χ2n) is 1.87. The molecule has 3 nitrogen and oxygen atoms in total. The van der Waals surface area contributed by atoms with E-state index in [-0.39, 0.29) is 0 Å². The van der Waals surface area contributed by atoms with Crippen LogP contribution in [-0.2, 0) is 0 Å². The lowest BCUT2D eigenvalue weighted by Crippen LogP contribution is -2.98. The molecule has 0 saturated heterocycles. The number of rotatable bonds is 1. The van der Waals surface area contributed by atoms with Gasteiger partial charge in [-0.05, 0) is 0 Å². The first kappa shape index (κ1) is 10.0. The van der Waals surface area contributed by atoms with E-state index in [1.165, 1.54) is 6.33 Å². The molecule has 0 saturated carbocycles. The van der Waals surface area contributed by atoms with Gasteiger partial charge in [0.05, 0.1) is 0 Å². The Labute approximate surface area is 68.1 Å². The fourth-order valence-corrected chi connectivity index (χ4v) is 0.543. The Kier molecular flexibility index (Phi) is 5.29. The van der Waals surface area contributed by atoms with Gasteiger partial charge < -0.3 is 4.90 Å². The monoisotopic (exact) mass is 153 g/mol. The third-order valence-corrected chi connectivity index (χ3v) is 1.02. The van der Waals surface area contributed by atoms with Crippen molar-refractivity contribution >= 4 is 5.82 Å². The Morgan fingerprint density at radius 1 is 1.45 bits per heavy atom. The van der Waals surface area contributed by atoms with Crippen LogP contribution < -0.4 is 4.90 Å². The van der Waals surface area contributed by atoms with E-state index in [0.29, 0.717) is 0 Å². The Hall–Kier alpha value is -0.960. The van der Waals surface area contributed by atoms with Crippen LogP contribution in [0.4, 0.5) is 5.82 Å². The molecule has 0 bridgehead atoms. The summed E-state index contributed by atoms with van der Waals surface area (Å²) in [6, 6.07) is 1.84. The first-order valence-electron chi connectivity index (χ1n) is 3.72. The highest BCUT2D eigenvalue weighted by atomic mass is 15.1. The van der Waals surface area contributed by atoms with Crippen molar-refractivity contribution in [3.63, 3.8) is 0 Å². The molecule has 0 spiro atoms. The molecule has 0 radical (unpaired) electrons. The van der Waals surface area contributed by atoms with Crippen molar-refractivity contribution in [2.24, 2.45) is 0 Å². The first-order valence-corrected chi connectivity index (χ1v) is 3.72. The van der Waals surface area contributed by atoms with E-state index >= 15 is 0 Å². The summed E-state index contributed by atoms with van der Waals surface area (Å²) >= 11 is 0. The highest BCUT2D eigenvalue weighted by Crippen LogP contribution is 1.86. The molecule has 0 aliphatic rings. The molecule has 0 fully saturated rings. The predicted molar refractivity (Wildman–Crippen MR) is 45.3 cm³/mol. The third kappa shape index (κ3) is 3.68. The van der Waals surface area contributed by atoms with Crippen molar-refractivity contribution in [3.05, 3.63) is 25.6 Å². The van der Waals surface area contributed by atoms with Crippen LogP contribution in [0.25, 0.3) is 0 Å². The van der Waals surface area contributed by atoms with Crippen LogP contribution in [0, 0.1) is 7.05 Å². The topological polar surface area (TPSA) is 30.2 Å². The van der Waals surface area contributed by atoms with Crippen LogP contribution in [0.3, 0.4) is 0 Å². The maximum atomic E-state index is 3.97. The molecule has 3 heteroatoms. The van der Waals surface area contributed by atoms with E-state index < -0.39 is 0 Å². The second kappa shape index (κ2) is 5.80. The highest BCUT2D eigenvalue weighted by Gasteiger charge is 1.91. The lowest BCUT2D eigenvalue weighted by Gasteiger charge is -2.09. The molecule has 1 N–H and O–H groups in total. The Morgan fingerprint density at radius 3 is 2.36 bits per heavy atom. The van der Waals surface area contributed by atoms with Gasteiger partial charge in [-0.2, -0.15) is 4.98 Å². The van der Waals surface area contributed by atoms with Gasteiger partial charge in [0, 0.05) is 19.3 Å². The summed E-state index contributed by atoms with van der Waals surface area (Å²) in [5.41, 5.74) is 0. The van der Waals surface area contributed by atoms with Crippen LogP contribution in [0.2, 0.25) is 0 Å². The minimum atomic E-state index is 0.907. The van der Waals surface area contributed by atoms with E-state index in [1.807, 2.05) is 27.0 Å². The van der Waals surface area contributed by atoms with Crippen molar-refractivity contribution in [3.8, 4) is 0 Å². The minimum Gasteiger partial charge on any atom is -0.421 e. The van der Waals surface area contributed by atoms with Gasteiger partial charge in [-0.3, -0.25) is 0 Å². The van der Waals surface area contributed by atoms with Gasteiger partial charge >= 0.3 is 0 Å². The van der Waals surface area contributed by atoms with E-state index in [2.05, 4.69) is 17.0 Å². The van der Waals surface area contributed by atoms with Gasteiger partial charge in [0.1, 0.15) is 6.33 Å². The number of hydrogen-bond donors (Lipinski definition) is 1. The van der Waals surface area contributed by atoms with Crippen LogP contribution in [0.5, 0.6) is 0 Å². The van der Waals surface area contributed by atoms with Crippen molar-refractivity contribution in [1.82, 2.24) is 9.97 Å². The van der Waals surface area contributed by atoms with Crippen molar-refractivity contribution in [2.75, 3.05) is 7.05 Å². The van der Waals surface area contributed by atoms with Gasteiger partial charge in [-0.15, -0.1) is 7.05 Å². The first-order chi connectivity index (χ1) is 5.30. The van der Waals surface area contributed by atoms with Gasteiger partial charge in [0.15, 0.2) is 0 Å². The van der Waals surface area contributed by atoms with Crippen LogP contribution in [0.1, 0.15) is 13.8 Å². The number of aromatic nitrogens is 2. The average Bonchev–Trinajstić information content (AvgIpc) is 2.10. The van der Waals surface area contributed by atoms with Crippen molar-refractivity contribution < 1.29 is 4.90 Å². The van der Waals surface area contributed by atoms with E-state index in [1.54, 1.807) is 6.20 Å². The summed E-state index contributed by atoms with van der Waals surface area (Å²) in [7, 11) is 5.65. The fraction of sp³-hybridized carbons (Fsp3) is 0.375. The van der Waals surface area contributed by atoms with Gasteiger partial charge in [0.2, 0.25) is 5.82 Å². The standard InChI is InChI=1S/C6H9N3.C2H6/c1-9(2)6-3-4-7-5-8-6;1-2/h3-5,9H,1H2,2H3;1-2H3. The SMILES string of the molecule is CC.[CH2-][NH+](C)c1ccncn1. The van der Waals surface area contributed by atoms with Gasteiger partial charge in [-0.25, -0.2) is 4.98 Å². The van der Waals surface area contributed by atoms with Crippen LogP contribution >= 0.6 is 0 Å². The molecule has 0 aliphatic heterocycles. The number of quaternary nitrogens is 1. The second-order valence-corrected chi connectivity index (χ2v) is 1.87. The van der Waals surface area contributed by atoms with Crippen LogP contribution in [0.15, 0.2) is 18.6 Å². The Bertz CT molecular complexity index is 172. The number of nitrogens with zero attached hydrogens (tertiary/aromatic N) is 2. The fourth-order valence-electron chi connectivity index (χ4n) is 0.543. The maximum absolute atomic E-state index is 3.97. The molecule has 11 heavy (non-hydrogen) atoms. The van der Waals surface area contributed by atoms with Crippen molar-refractivity contribution in [1.29, 1.82) is 0 Å². The largest absolute Gasteiger partial charge is 0.421 e. The summed E-state index contributed by atoms with van der Waals surface area (Å²) in [5, 5.41) is 0. The molecule has 1 atom stereocenters.